The molecule has 1 aromatic carbocycles. The number of benzene rings is 1. The Morgan fingerprint density at radius 1 is 1.26 bits per heavy atom. The lowest BCUT2D eigenvalue weighted by Crippen LogP contribution is -2.32. The lowest BCUT2D eigenvalue weighted by atomic mass is 10.0. The SMILES string of the molecule is O=C(O)c1ncnc2c1CCN(Cc1ccc3c(c1)OCO3)C2. The Morgan fingerprint density at radius 3 is 3.00 bits per heavy atom. The van der Waals surface area contributed by atoms with Gasteiger partial charge in [-0.05, 0) is 24.1 Å². The molecule has 1 aromatic heterocycles. The van der Waals surface area contributed by atoms with Gasteiger partial charge in [0.1, 0.15) is 6.33 Å². The van der Waals surface area contributed by atoms with Crippen molar-refractivity contribution in [3.05, 3.63) is 47.0 Å². The number of carboxylic acids is 1. The van der Waals surface area contributed by atoms with Gasteiger partial charge in [-0.15, -0.1) is 0 Å². The molecule has 7 nitrogen and oxygen atoms in total. The van der Waals surface area contributed by atoms with Crippen LogP contribution in [0.5, 0.6) is 11.5 Å². The van der Waals surface area contributed by atoms with Crippen LogP contribution in [0.4, 0.5) is 0 Å². The average molecular weight is 313 g/mol. The zero-order valence-corrected chi connectivity index (χ0v) is 12.4. The van der Waals surface area contributed by atoms with Crippen molar-refractivity contribution in [2.45, 2.75) is 19.5 Å². The van der Waals surface area contributed by atoms with Gasteiger partial charge >= 0.3 is 5.97 Å². The van der Waals surface area contributed by atoms with Crippen molar-refractivity contribution in [2.75, 3.05) is 13.3 Å². The summed E-state index contributed by atoms with van der Waals surface area (Å²) in [5.74, 6) is 0.555. The summed E-state index contributed by atoms with van der Waals surface area (Å²) < 4.78 is 10.7. The number of aromatic carboxylic acids is 1. The Kier molecular flexibility index (Phi) is 3.34. The fraction of sp³-hybridized carbons (Fsp3) is 0.312. The molecular formula is C16H15N3O4. The standard InChI is InChI=1S/C16H15N3O4/c20-16(21)15-11-3-4-19(7-12(11)17-8-18-15)6-10-1-2-13-14(5-10)23-9-22-13/h1-2,5,8H,3-4,6-7,9H2,(H,20,21). The van der Waals surface area contributed by atoms with Crippen molar-refractivity contribution in [3.63, 3.8) is 0 Å². The third kappa shape index (κ3) is 2.59. The van der Waals surface area contributed by atoms with Gasteiger partial charge in [0, 0.05) is 25.2 Å². The largest absolute Gasteiger partial charge is 0.477 e. The minimum atomic E-state index is -0.993. The third-order valence-corrected chi connectivity index (χ3v) is 4.13. The molecule has 7 heteroatoms. The van der Waals surface area contributed by atoms with E-state index < -0.39 is 5.97 Å². The van der Waals surface area contributed by atoms with Gasteiger partial charge in [0.2, 0.25) is 6.79 Å². The highest BCUT2D eigenvalue weighted by atomic mass is 16.7. The van der Waals surface area contributed by atoms with E-state index >= 15 is 0 Å². The summed E-state index contributed by atoms with van der Waals surface area (Å²) in [7, 11) is 0. The van der Waals surface area contributed by atoms with E-state index in [0.29, 0.717) is 13.0 Å². The zero-order valence-electron chi connectivity index (χ0n) is 12.4. The Balaban J connectivity index is 1.52. The molecule has 0 radical (unpaired) electrons. The second kappa shape index (κ2) is 5.51. The van der Waals surface area contributed by atoms with Crippen LogP contribution in [-0.2, 0) is 19.5 Å². The topological polar surface area (TPSA) is 84.8 Å². The van der Waals surface area contributed by atoms with Crippen molar-refractivity contribution in [2.24, 2.45) is 0 Å². The molecule has 0 aliphatic carbocycles. The number of nitrogens with zero attached hydrogens (tertiary/aromatic N) is 3. The summed E-state index contributed by atoms with van der Waals surface area (Å²) in [5, 5.41) is 9.20. The van der Waals surface area contributed by atoms with Crippen molar-refractivity contribution in [1.29, 1.82) is 0 Å². The summed E-state index contributed by atoms with van der Waals surface area (Å²) in [4.78, 5) is 21.6. The van der Waals surface area contributed by atoms with Crippen LogP contribution >= 0.6 is 0 Å². The van der Waals surface area contributed by atoms with Gasteiger partial charge < -0.3 is 14.6 Å². The summed E-state index contributed by atoms with van der Waals surface area (Å²) in [5.41, 5.74) is 2.80. The molecule has 0 amide bonds. The molecular weight excluding hydrogens is 298 g/mol. The number of carbonyl (C=O) groups is 1. The number of fused-ring (bicyclic) bond motifs is 2. The first-order chi connectivity index (χ1) is 11.2. The molecule has 0 bridgehead atoms. The maximum atomic E-state index is 11.2. The van der Waals surface area contributed by atoms with Crippen LogP contribution < -0.4 is 9.47 Å². The van der Waals surface area contributed by atoms with Gasteiger partial charge in [-0.3, -0.25) is 4.90 Å². The van der Waals surface area contributed by atoms with Gasteiger partial charge in [-0.2, -0.15) is 0 Å². The van der Waals surface area contributed by atoms with E-state index in [-0.39, 0.29) is 12.5 Å². The fourth-order valence-electron chi connectivity index (χ4n) is 3.03. The molecule has 0 unspecified atom stereocenters. The average Bonchev–Trinajstić information content (AvgIpc) is 3.01. The first-order valence-corrected chi connectivity index (χ1v) is 7.37. The molecule has 23 heavy (non-hydrogen) atoms. The van der Waals surface area contributed by atoms with Crippen molar-refractivity contribution >= 4 is 5.97 Å². The van der Waals surface area contributed by atoms with Crippen LogP contribution in [0.15, 0.2) is 24.5 Å². The Bertz CT molecular complexity index is 778. The van der Waals surface area contributed by atoms with Crippen LogP contribution in [0.3, 0.4) is 0 Å². The number of aromatic nitrogens is 2. The van der Waals surface area contributed by atoms with E-state index in [2.05, 4.69) is 14.9 Å². The number of hydrogen-bond donors (Lipinski definition) is 1. The van der Waals surface area contributed by atoms with Crippen LogP contribution in [0.2, 0.25) is 0 Å². The number of ether oxygens (including phenoxy) is 2. The van der Waals surface area contributed by atoms with E-state index in [1.54, 1.807) is 0 Å². The third-order valence-electron chi connectivity index (χ3n) is 4.13. The minimum Gasteiger partial charge on any atom is -0.477 e. The van der Waals surface area contributed by atoms with E-state index in [0.717, 1.165) is 41.4 Å². The van der Waals surface area contributed by atoms with Gasteiger partial charge in [0.25, 0.3) is 0 Å². The molecule has 3 heterocycles. The molecule has 2 aliphatic heterocycles. The van der Waals surface area contributed by atoms with Crippen molar-refractivity contribution in [1.82, 2.24) is 14.9 Å². The molecule has 0 saturated carbocycles. The lowest BCUT2D eigenvalue weighted by molar-refractivity contribution is 0.0687. The highest BCUT2D eigenvalue weighted by Crippen LogP contribution is 2.33. The van der Waals surface area contributed by atoms with Gasteiger partial charge in [-0.25, -0.2) is 14.8 Å². The lowest BCUT2D eigenvalue weighted by Gasteiger charge is -2.28. The monoisotopic (exact) mass is 313 g/mol. The Morgan fingerprint density at radius 2 is 2.13 bits per heavy atom. The Labute approximate surface area is 132 Å². The molecule has 0 saturated heterocycles. The molecule has 2 aromatic rings. The van der Waals surface area contributed by atoms with E-state index in [1.807, 2.05) is 18.2 Å². The normalized spacial score (nSPS) is 16.2. The second-order valence-electron chi connectivity index (χ2n) is 5.60. The van der Waals surface area contributed by atoms with E-state index in [9.17, 15) is 9.90 Å². The van der Waals surface area contributed by atoms with Crippen molar-refractivity contribution < 1.29 is 19.4 Å². The molecule has 0 fully saturated rings. The number of hydrogen-bond acceptors (Lipinski definition) is 6. The maximum absolute atomic E-state index is 11.2. The smallest absolute Gasteiger partial charge is 0.354 e. The second-order valence-corrected chi connectivity index (χ2v) is 5.60. The van der Waals surface area contributed by atoms with E-state index in [1.165, 1.54) is 6.33 Å². The van der Waals surface area contributed by atoms with Crippen LogP contribution in [0.1, 0.15) is 27.3 Å². The number of carboxylic acid groups (broad SMARTS) is 1. The number of rotatable bonds is 3. The van der Waals surface area contributed by atoms with Gasteiger partial charge in [-0.1, -0.05) is 6.07 Å². The van der Waals surface area contributed by atoms with Gasteiger partial charge in [0.15, 0.2) is 17.2 Å². The molecule has 118 valence electrons. The minimum absolute atomic E-state index is 0.123. The summed E-state index contributed by atoms with van der Waals surface area (Å²) >= 11 is 0. The first-order valence-electron chi connectivity index (χ1n) is 7.37. The van der Waals surface area contributed by atoms with Crippen LogP contribution in [0, 0.1) is 0 Å². The predicted octanol–water partition coefficient (Wildman–Crippen LogP) is 1.46. The summed E-state index contributed by atoms with van der Waals surface area (Å²) in [6.07, 6.45) is 1.97. The first kappa shape index (κ1) is 14.0. The summed E-state index contributed by atoms with van der Waals surface area (Å²) in [6, 6.07) is 5.92. The van der Waals surface area contributed by atoms with Crippen LogP contribution in [-0.4, -0.2) is 39.3 Å². The highest BCUT2D eigenvalue weighted by Gasteiger charge is 2.24. The van der Waals surface area contributed by atoms with E-state index in [4.69, 9.17) is 9.47 Å². The molecule has 0 atom stereocenters. The molecule has 1 N–H and O–H groups in total. The van der Waals surface area contributed by atoms with Gasteiger partial charge in [0.05, 0.1) is 5.69 Å². The quantitative estimate of drug-likeness (QED) is 0.918. The Hall–Kier alpha value is -2.67. The molecule has 2 aliphatic rings. The van der Waals surface area contributed by atoms with Crippen LogP contribution in [0.25, 0.3) is 0 Å². The zero-order chi connectivity index (χ0) is 15.8. The summed E-state index contributed by atoms with van der Waals surface area (Å²) in [6.45, 7) is 2.41. The van der Waals surface area contributed by atoms with Crippen molar-refractivity contribution in [3.8, 4) is 11.5 Å². The maximum Gasteiger partial charge on any atom is 0.354 e. The highest BCUT2D eigenvalue weighted by molar-refractivity contribution is 5.87. The predicted molar refractivity (Wildman–Crippen MR) is 79.4 cm³/mol. The molecule has 0 spiro atoms. The fourth-order valence-corrected chi connectivity index (χ4v) is 3.03. The molecule has 4 rings (SSSR count).